The summed E-state index contributed by atoms with van der Waals surface area (Å²) in [5.74, 6) is 0.669. The molecule has 1 saturated heterocycles. The van der Waals surface area contributed by atoms with Gasteiger partial charge in [-0.05, 0) is 36.6 Å². The van der Waals surface area contributed by atoms with Crippen molar-refractivity contribution >= 4 is 17.5 Å². The van der Waals surface area contributed by atoms with E-state index < -0.39 is 0 Å². The normalized spacial score (nSPS) is 22.5. The smallest absolute Gasteiger partial charge is 0.227 e. The summed E-state index contributed by atoms with van der Waals surface area (Å²) in [5.41, 5.74) is 0.759. The van der Waals surface area contributed by atoms with Crippen LogP contribution in [-0.4, -0.2) is 53.5 Å². The van der Waals surface area contributed by atoms with Gasteiger partial charge in [-0.25, -0.2) is 0 Å². The van der Waals surface area contributed by atoms with Crippen molar-refractivity contribution in [3.05, 3.63) is 28.8 Å². The van der Waals surface area contributed by atoms with Crippen LogP contribution in [0.3, 0.4) is 0 Å². The van der Waals surface area contributed by atoms with Gasteiger partial charge in [0.25, 0.3) is 0 Å². The molecule has 4 nitrogen and oxygen atoms in total. The number of hydrogen-bond acceptors (Lipinski definition) is 3. The highest BCUT2D eigenvalue weighted by atomic mass is 35.5. The predicted molar refractivity (Wildman–Crippen MR) is 89.3 cm³/mol. The number of likely N-dealkylation sites (tertiary alicyclic amines) is 1. The van der Waals surface area contributed by atoms with E-state index in [2.05, 4.69) is 18.7 Å². The van der Waals surface area contributed by atoms with E-state index in [4.69, 9.17) is 11.6 Å². The molecule has 0 bridgehead atoms. The van der Waals surface area contributed by atoms with E-state index in [9.17, 15) is 9.90 Å². The van der Waals surface area contributed by atoms with E-state index in [1.54, 1.807) is 12.1 Å². The van der Waals surface area contributed by atoms with Crippen molar-refractivity contribution in [1.82, 2.24) is 9.80 Å². The number of nitrogens with zero attached hydrogens (tertiary/aromatic N) is 2. The molecule has 1 aliphatic heterocycles. The van der Waals surface area contributed by atoms with Crippen LogP contribution in [0.1, 0.15) is 25.8 Å². The molecule has 1 aliphatic rings. The number of likely N-dealkylation sites (N-methyl/N-ethyl adjacent to an activating group) is 1. The zero-order valence-electron chi connectivity index (χ0n) is 13.6. The van der Waals surface area contributed by atoms with E-state index in [-0.39, 0.29) is 24.1 Å². The monoisotopic (exact) mass is 324 g/mol. The van der Waals surface area contributed by atoms with Crippen LogP contribution in [-0.2, 0) is 11.2 Å². The molecule has 0 saturated carbocycles. The van der Waals surface area contributed by atoms with Gasteiger partial charge in [0.2, 0.25) is 5.91 Å². The first-order valence-electron chi connectivity index (χ1n) is 7.87. The Bertz CT molecular complexity index is 535. The second-order valence-electron chi connectivity index (χ2n) is 6.18. The van der Waals surface area contributed by atoms with Gasteiger partial charge < -0.3 is 14.9 Å². The fourth-order valence-electron chi connectivity index (χ4n) is 3.23. The van der Waals surface area contributed by atoms with Crippen LogP contribution >= 0.6 is 11.6 Å². The zero-order chi connectivity index (χ0) is 16.3. The summed E-state index contributed by atoms with van der Waals surface area (Å²) in [4.78, 5) is 16.8. The van der Waals surface area contributed by atoms with Crippen LogP contribution in [0.15, 0.2) is 18.2 Å². The number of rotatable bonds is 4. The summed E-state index contributed by atoms with van der Waals surface area (Å²) < 4.78 is 0. The third-order valence-electron chi connectivity index (χ3n) is 4.66. The number of halogens is 1. The summed E-state index contributed by atoms with van der Waals surface area (Å²) in [5, 5.41) is 9.82. The summed E-state index contributed by atoms with van der Waals surface area (Å²) in [6.45, 7) is 7.54. The Balaban J connectivity index is 2.00. The van der Waals surface area contributed by atoms with E-state index in [0.717, 1.165) is 31.6 Å². The van der Waals surface area contributed by atoms with Crippen molar-refractivity contribution in [2.24, 2.45) is 5.92 Å². The Morgan fingerprint density at radius 2 is 2.23 bits per heavy atom. The van der Waals surface area contributed by atoms with Gasteiger partial charge in [0.05, 0.1) is 6.42 Å². The third kappa shape index (κ3) is 3.93. The summed E-state index contributed by atoms with van der Waals surface area (Å²) >= 11 is 6.09. The van der Waals surface area contributed by atoms with Crippen molar-refractivity contribution in [3.8, 4) is 5.75 Å². The summed E-state index contributed by atoms with van der Waals surface area (Å²) in [7, 11) is 1.89. The molecule has 1 fully saturated rings. The maximum Gasteiger partial charge on any atom is 0.227 e. The fraction of sp³-hybridized carbons (Fsp3) is 0.588. The molecule has 22 heavy (non-hydrogen) atoms. The van der Waals surface area contributed by atoms with Gasteiger partial charge in [0, 0.05) is 31.2 Å². The van der Waals surface area contributed by atoms with Crippen molar-refractivity contribution in [2.45, 2.75) is 32.7 Å². The van der Waals surface area contributed by atoms with Gasteiger partial charge in [-0.2, -0.15) is 0 Å². The first-order chi connectivity index (χ1) is 10.4. The molecule has 1 heterocycles. The molecule has 0 spiro atoms. The molecule has 2 rings (SSSR count). The second kappa shape index (κ2) is 7.34. The summed E-state index contributed by atoms with van der Waals surface area (Å²) in [6, 6.07) is 5.04. The first-order valence-corrected chi connectivity index (χ1v) is 8.25. The number of carbonyl (C=O) groups excluding carboxylic acids is 1. The maximum atomic E-state index is 12.5. The van der Waals surface area contributed by atoms with Crippen LogP contribution in [0.25, 0.3) is 0 Å². The van der Waals surface area contributed by atoms with Crippen LogP contribution < -0.4 is 0 Å². The van der Waals surface area contributed by atoms with Crippen LogP contribution in [0, 0.1) is 5.92 Å². The maximum absolute atomic E-state index is 12.5. The Kier molecular flexibility index (Phi) is 5.70. The fourth-order valence-corrected chi connectivity index (χ4v) is 3.48. The molecule has 1 aromatic carbocycles. The average Bonchev–Trinajstić information content (AvgIpc) is 2.49. The molecule has 1 N–H and O–H groups in total. The lowest BCUT2D eigenvalue weighted by molar-refractivity contribution is -0.133. The van der Waals surface area contributed by atoms with Gasteiger partial charge in [0.15, 0.2) is 0 Å². The van der Waals surface area contributed by atoms with E-state index in [1.165, 1.54) is 6.07 Å². The molecule has 2 atom stereocenters. The molecule has 5 heteroatoms. The molecule has 122 valence electrons. The summed E-state index contributed by atoms with van der Waals surface area (Å²) in [6.07, 6.45) is 1.29. The van der Waals surface area contributed by atoms with Gasteiger partial charge in [-0.3, -0.25) is 4.79 Å². The quantitative estimate of drug-likeness (QED) is 0.926. The minimum atomic E-state index is 0.0781. The average molecular weight is 325 g/mol. The van der Waals surface area contributed by atoms with Crippen molar-refractivity contribution in [2.75, 3.05) is 26.7 Å². The number of phenols is 1. The molecule has 0 aliphatic carbocycles. The van der Waals surface area contributed by atoms with E-state index in [1.807, 2.05) is 11.9 Å². The van der Waals surface area contributed by atoms with Crippen LogP contribution in [0.4, 0.5) is 0 Å². The van der Waals surface area contributed by atoms with Crippen LogP contribution in [0.5, 0.6) is 5.75 Å². The minimum Gasteiger partial charge on any atom is -0.508 e. The largest absolute Gasteiger partial charge is 0.508 e. The lowest BCUT2D eigenvalue weighted by Gasteiger charge is -2.41. The lowest BCUT2D eigenvalue weighted by atomic mass is 9.92. The number of amides is 1. The standard InChI is InChI=1S/C17H25ClN2O2/c1-4-20-8-7-16(12(2)11-20)19(3)17(22)9-13-5-6-14(21)10-15(13)18/h5-6,10,12,16,21H,4,7-9,11H2,1-3H3/t12-,16+/m1/s1. The number of aromatic hydroxyl groups is 1. The number of phenolic OH excluding ortho intramolecular Hbond substituents is 1. The first kappa shape index (κ1) is 17.1. The van der Waals surface area contributed by atoms with E-state index >= 15 is 0 Å². The highest BCUT2D eigenvalue weighted by Gasteiger charge is 2.30. The number of hydrogen-bond donors (Lipinski definition) is 1. The SMILES string of the molecule is CCN1CC[C@H](N(C)C(=O)Cc2ccc(O)cc2Cl)[C@H](C)C1. The van der Waals surface area contributed by atoms with Crippen molar-refractivity contribution in [3.63, 3.8) is 0 Å². The van der Waals surface area contributed by atoms with Crippen molar-refractivity contribution < 1.29 is 9.90 Å². The number of piperidine rings is 1. The molecular formula is C17H25ClN2O2. The zero-order valence-corrected chi connectivity index (χ0v) is 14.3. The molecule has 0 unspecified atom stereocenters. The van der Waals surface area contributed by atoms with E-state index in [0.29, 0.717) is 10.9 Å². The third-order valence-corrected chi connectivity index (χ3v) is 5.01. The number of benzene rings is 1. The Morgan fingerprint density at radius 3 is 2.82 bits per heavy atom. The molecule has 0 radical (unpaired) electrons. The van der Waals surface area contributed by atoms with Gasteiger partial charge in [-0.1, -0.05) is 31.5 Å². The molecular weight excluding hydrogens is 300 g/mol. The minimum absolute atomic E-state index is 0.0781. The lowest BCUT2D eigenvalue weighted by Crippen LogP contribution is -2.50. The Labute approximate surface area is 137 Å². The predicted octanol–water partition coefficient (Wildman–Crippen LogP) is 2.78. The molecule has 0 aromatic heterocycles. The van der Waals surface area contributed by atoms with Gasteiger partial charge >= 0.3 is 0 Å². The Morgan fingerprint density at radius 1 is 1.50 bits per heavy atom. The number of carbonyl (C=O) groups is 1. The van der Waals surface area contributed by atoms with Gasteiger partial charge in [-0.15, -0.1) is 0 Å². The highest BCUT2D eigenvalue weighted by Crippen LogP contribution is 2.25. The van der Waals surface area contributed by atoms with Crippen molar-refractivity contribution in [1.29, 1.82) is 0 Å². The molecule has 1 aromatic rings. The van der Waals surface area contributed by atoms with Gasteiger partial charge in [0.1, 0.15) is 5.75 Å². The Hall–Kier alpha value is -1.26. The van der Waals surface area contributed by atoms with Crippen LogP contribution in [0.2, 0.25) is 5.02 Å². The second-order valence-corrected chi connectivity index (χ2v) is 6.59. The topological polar surface area (TPSA) is 43.8 Å². The molecule has 1 amide bonds. The highest BCUT2D eigenvalue weighted by molar-refractivity contribution is 6.31.